The van der Waals surface area contributed by atoms with Crippen LogP contribution in [0.15, 0.2) is 33.2 Å². The van der Waals surface area contributed by atoms with Crippen LogP contribution in [0, 0.1) is 5.92 Å². The zero-order valence-corrected chi connectivity index (χ0v) is 10.3. The lowest BCUT2D eigenvalue weighted by atomic mass is 10.1. The summed E-state index contributed by atoms with van der Waals surface area (Å²) in [5, 5.41) is 9.81. The summed E-state index contributed by atoms with van der Waals surface area (Å²) in [6, 6.07) is 7.65. The van der Waals surface area contributed by atoms with E-state index >= 15 is 0 Å². The molecule has 1 aromatic heterocycles. The number of furan rings is 1. The average molecular weight is 283 g/mol. The van der Waals surface area contributed by atoms with Crippen LogP contribution >= 0.6 is 15.9 Å². The van der Waals surface area contributed by atoms with E-state index < -0.39 is 11.9 Å². The number of carboxylic acid groups (broad SMARTS) is 1. The van der Waals surface area contributed by atoms with Gasteiger partial charge in [0.15, 0.2) is 0 Å². The third-order valence-corrected chi connectivity index (χ3v) is 3.10. The van der Waals surface area contributed by atoms with Gasteiger partial charge >= 0.3 is 5.97 Å². The molecule has 0 saturated carbocycles. The number of para-hydroxylation sites is 1. The fourth-order valence-corrected chi connectivity index (χ4v) is 2.03. The Bertz CT molecular complexity index is 530. The van der Waals surface area contributed by atoms with Gasteiger partial charge in [-0.25, -0.2) is 0 Å². The molecule has 0 saturated heterocycles. The van der Waals surface area contributed by atoms with E-state index in [1.807, 2.05) is 24.3 Å². The normalized spacial score (nSPS) is 12.9. The highest BCUT2D eigenvalue weighted by Gasteiger charge is 2.15. The zero-order valence-electron chi connectivity index (χ0n) is 8.74. The smallest absolute Gasteiger partial charge is 0.306 e. The molecule has 0 fully saturated rings. The molecule has 0 amide bonds. The van der Waals surface area contributed by atoms with Crippen molar-refractivity contribution >= 4 is 32.9 Å². The number of carbonyl (C=O) groups is 1. The van der Waals surface area contributed by atoms with Crippen molar-refractivity contribution in [3.05, 3.63) is 34.5 Å². The minimum Gasteiger partial charge on any atom is -0.481 e. The van der Waals surface area contributed by atoms with E-state index in [4.69, 9.17) is 9.52 Å². The number of hydrogen-bond donors (Lipinski definition) is 1. The summed E-state index contributed by atoms with van der Waals surface area (Å²) in [4.78, 5) is 10.7. The molecule has 1 unspecified atom stereocenters. The zero-order chi connectivity index (χ0) is 11.7. The van der Waals surface area contributed by atoms with Gasteiger partial charge in [-0.05, 0) is 28.1 Å². The molecule has 4 heteroatoms. The number of aliphatic carboxylic acids is 1. The fourth-order valence-electron chi connectivity index (χ4n) is 1.57. The summed E-state index contributed by atoms with van der Waals surface area (Å²) in [6.45, 7) is 1.67. The summed E-state index contributed by atoms with van der Waals surface area (Å²) in [5.74, 6) is -0.532. The molecule has 0 radical (unpaired) electrons. The highest BCUT2D eigenvalue weighted by molar-refractivity contribution is 9.10. The number of carboxylic acids is 1. The molecule has 0 spiro atoms. The minimum atomic E-state index is -0.806. The van der Waals surface area contributed by atoms with E-state index in [1.165, 1.54) is 0 Å². The summed E-state index contributed by atoms with van der Waals surface area (Å²) in [5.41, 5.74) is 0.773. The topological polar surface area (TPSA) is 50.4 Å². The number of hydrogen-bond acceptors (Lipinski definition) is 2. The standard InChI is InChI=1S/C12H11BrO3/c1-7(12(14)15)5-9-6-8-3-2-4-10(13)11(8)16-9/h2-4,6-7H,5H2,1H3,(H,14,15). The monoisotopic (exact) mass is 282 g/mol. The number of rotatable bonds is 3. The Labute approximate surface area is 101 Å². The maximum atomic E-state index is 10.7. The predicted molar refractivity (Wildman–Crippen MR) is 64.4 cm³/mol. The van der Waals surface area contributed by atoms with Gasteiger partial charge in [0.25, 0.3) is 0 Å². The van der Waals surface area contributed by atoms with Gasteiger partial charge in [-0.1, -0.05) is 19.1 Å². The van der Waals surface area contributed by atoms with Crippen molar-refractivity contribution in [2.75, 3.05) is 0 Å². The first-order chi connectivity index (χ1) is 7.58. The van der Waals surface area contributed by atoms with E-state index in [1.54, 1.807) is 6.92 Å². The Balaban J connectivity index is 2.33. The van der Waals surface area contributed by atoms with Crippen LogP contribution in [0.2, 0.25) is 0 Å². The van der Waals surface area contributed by atoms with Gasteiger partial charge in [0, 0.05) is 11.8 Å². The van der Waals surface area contributed by atoms with Gasteiger partial charge in [-0.2, -0.15) is 0 Å². The average Bonchev–Trinajstić information content (AvgIpc) is 2.61. The lowest BCUT2D eigenvalue weighted by Crippen LogP contribution is -2.11. The minimum absolute atomic E-state index is 0.413. The summed E-state index contributed by atoms with van der Waals surface area (Å²) < 4.78 is 6.50. The van der Waals surface area contributed by atoms with Gasteiger partial charge in [-0.15, -0.1) is 0 Å². The Morgan fingerprint density at radius 2 is 2.31 bits per heavy atom. The molecule has 1 aromatic carbocycles. The molecule has 1 heterocycles. The molecule has 0 bridgehead atoms. The second-order valence-electron chi connectivity index (χ2n) is 3.81. The molecular formula is C12H11BrO3. The van der Waals surface area contributed by atoms with Crippen molar-refractivity contribution in [3.8, 4) is 0 Å². The Kier molecular flexibility index (Phi) is 3.01. The van der Waals surface area contributed by atoms with E-state index in [9.17, 15) is 4.79 Å². The lowest BCUT2D eigenvalue weighted by molar-refractivity contribution is -0.141. The van der Waals surface area contributed by atoms with Crippen molar-refractivity contribution in [1.29, 1.82) is 0 Å². The Morgan fingerprint density at radius 3 is 2.94 bits per heavy atom. The van der Waals surface area contributed by atoms with Crippen molar-refractivity contribution in [3.63, 3.8) is 0 Å². The molecular weight excluding hydrogens is 272 g/mol. The van der Waals surface area contributed by atoms with Crippen molar-refractivity contribution in [1.82, 2.24) is 0 Å². The molecule has 1 atom stereocenters. The summed E-state index contributed by atoms with van der Waals surface area (Å²) in [6.07, 6.45) is 0.413. The van der Waals surface area contributed by atoms with Crippen LogP contribution in [0.4, 0.5) is 0 Å². The number of fused-ring (bicyclic) bond motifs is 1. The van der Waals surface area contributed by atoms with Crippen LogP contribution < -0.4 is 0 Å². The van der Waals surface area contributed by atoms with Crippen molar-refractivity contribution in [2.45, 2.75) is 13.3 Å². The third-order valence-electron chi connectivity index (χ3n) is 2.48. The summed E-state index contributed by atoms with van der Waals surface area (Å²) >= 11 is 3.40. The van der Waals surface area contributed by atoms with Crippen LogP contribution in [0.5, 0.6) is 0 Å². The summed E-state index contributed by atoms with van der Waals surface area (Å²) in [7, 11) is 0. The quantitative estimate of drug-likeness (QED) is 0.938. The number of halogens is 1. The molecule has 3 nitrogen and oxygen atoms in total. The first-order valence-electron chi connectivity index (χ1n) is 4.97. The van der Waals surface area contributed by atoms with Crippen LogP contribution in [0.1, 0.15) is 12.7 Å². The molecule has 0 aliphatic carbocycles. The highest BCUT2D eigenvalue weighted by atomic mass is 79.9. The fraction of sp³-hybridized carbons (Fsp3) is 0.250. The van der Waals surface area contributed by atoms with Gasteiger partial charge in [0.1, 0.15) is 11.3 Å². The third kappa shape index (κ3) is 2.11. The van der Waals surface area contributed by atoms with Crippen molar-refractivity contribution < 1.29 is 14.3 Å². The largest absolute Gasteiger partial charge is 0.481 e. The maximum absolute atomic E-state index is 10.7. The SMILES string of the molecule is CC(Cc1cc2cccc(Br)c2o1)C(=O)O. The molecule has 2 rings (SSSR count). The van der Waals surface area contributed by atoms with Crippen LogP contribution in [-0.2, 0) is 11.2 Å². The Morgan fingerprint density at radius 1 is 1.56 bits per heavy atom. The first kappa shape index (κ1) is 11.2. The van der Waals surface area contributed by atoms with Gasteiger partial charge in [0.05, 0.1) is 10.4 Å². The van der Waals surface area contributed by atoms with Crippen LogP contribution in [0.25, 0.3) is 11.0 Å². The van der Waals surface area contributed by atoms with Crippen molar-refractivity contribution in [2.24, 2.45) is 5.92 Å². The van der Waals surface area contributed by atoms with Crippen LogP contribution in [0.3, 0.4) is 0 Å². The predicted octanol–water partition coefficient (Wildman–Crippen LogP) is 3.46. The molecule has 16 heavy (non-hydrogen) atoms. The van der Waals surface area contributed by atoms with Gasteiger partial charge < -0.3 is 9.52 Å². The van der Waals surface area contributed by atoms with E-state index in [0.717, 1.165) is 15.4 Å². The lowest BCUT2D eigenvalue weighted by Gasteiger charge is -2.01. The van der Waals surface area contributed by atoms with E-state index in [2.05, 4.69) is 15.9 Å². The second kappa shape index (κ2) is 4.29. The van der Waals surface area contributed by atoms with Crippen LogP contribution in [-0.4, -0.2) is 11.1 Å². The van der Waals surface area contributed by atoms with Gasteiger partial charge in [0.2, 0.25) is 0 Å². The molecule has 2 aromatic rings. The second-order valence-corrected chi connectivity index (χ2v) is 4.67. The molecule has 0 aliphatic heterocycles. The molecule has 84 valence electrons. The van der Waals surface area contributed by atoms with E-state index in [0.29, 0.717) is 12.2 Å². The first-order valence-corrected chi connectivity index (χ1v) is 5.77. The van der Waals surface area contributed by atoms with E-state index in [-0.39, 0.29) is 0 Å². The highest BCUT2D eigenvalue weighted by Crippen LogP contribution is 2.27. The molecule has 0 aliphatic rings. The van der Waals surface area contributed by atoms with Gasteiger partial charge in [-0.3, -0.25) is 4.79 Å². The number of benzene rings is 1. The maximum Gasteiger partial charge on any atom is 0.306 e. The Hall–Kier alpha value is -1.29. The molecule has 1 N–H and O–H groups in total.